The van der Waals surface area contributed by atoms with Gasteiger partial charge in [-0.25, -0.2) is 0 Å². The summed E-state index contributed by atoms with van der Waals surface area (Å²) < 4.78 is 0. The Labute approximate surface area is 116 Å². The summed E-state index contributed by atoms with van der Waals surface area (Å²) in [5.41, 5.74) is 8.04. The van der Waals surface area contributed by atoms with Crippen molar-refractivity contribution in [2.24, 2.45) is 17.6 Å². The molecule has 0 bridgehead atoms. The fourth-order valence-corrected chi connectivity index (χ4v) is 2.23. The van der Waals surface area contributed by atoms with Crippen LogP contribution in [0.3, 0.4) is 0 Å². The standard InChI is InChI=1S/C16H26N2O/c1-11(2)8-15(10-17)16(19)18-13(4)14-7-5-6-12(3)9-14/h5-7,9,11,13,15H,8,10,17H2,1-4H3,(H,18,19)/t13-,15?/m1/s1. The van der Waals surface area contributed by atoms with Crippen LogP contribution in [0.4, 0.5) is 0 Å². The minimum atomic E-state index is -0.0905. The average molecular weight is 262 g/mol. The molecule has 0 aliphatic carbocycles. The molecule has 0 saturated carbocycles. The molecule has 0 aliphatic heterocycles. The van der Waals surface area contributed by atoms with E-state index in [1.54, 1.807) is 0 Å². The van der Waals surface area contributed by atoms with Gasteiger partial charge in [-0.1, -0.05) is 43.7 Å². The van der Waals surface area contributed by atoms with E-state index >= 15 is 0 Å². The summed E-state index contributed by atoms with van der Waals surface area (Å²) >= 11 is 0. The number of rotatable bonds is 6. The maximum atomic E-state index is 12.2. The van der Waals surface area contributed by atoms with E-state index in [0.29, 0.717) is 12.5 Å². The van der Waals surface area contributed by atoms with Gasteiger partial charge in [0.2, 0.25) is 5.91 Å². The third kappa shape index (κ3) is 5.03. The van der Waals surface area contributed by atoms with Crippen molar-refractivity contribution in [3.63, 3.8) is 0 Å². The van der Waals surface area contributed by atoms with Crippen LogP contribution in [0.25, 0.3) is 0 Å². The molecule has 1 unspecified atom stereocenters. The van der Waals surface area contributed by atoms with E-state index in [1.807, 2.05) is 19.1 Å². The van der Waals surface area contributed by atoms with Gasteiger partial charge in [0.25, 0.3) is 0 Å². The fourth-order valence-electron chi connectivity index (χ4n) is 2.23. The molecule has 3 heteroatoms. The number of amides is 1. The SMILES string of the molecule is Cc1cccc([C@@H](C)NC(=O)C(CN)CC(C)C)c1. The Hall–Kier alpha value is -1.35. The van der Waals surface area contributed by atoms with Crippen LogP contribution in [-0.4, -0.2) is 12.5 Å². The van der Waals surface area contributed by atoms with Gasteiger partial charge < -0.3 is 11.1 Å². The molecule has 3 N–H and O–H groups in total. The van der Waals surface area contributed by atoms with Crippen molar-refractivity contribution < 1.29 is 4.79 Å². The molecule has 106 valence electrons. The van der Waals surface area contributed by atoms with Gasteiger partial charge in [-0.05, 0) is 31.7 Å². The Kier molecular flexibility index (Phi) is 6.03. The van der Waals surface area contributed by atoms with Crippen LogP contribution in [0.1, 0.15) is 44.4 Å². The molecule has 0 heterocycles. The van der Waals surface area contributed by atoms with Gasteiger partial charge in [-0.15, -0.1) is 0 Å². The van der Waals surface area contributed by atoms with Crippen molar-refractivity contribution in [2.75, 3.05) is 6.54 Å². The van der Waals surface area contributed by atoms with E-state index in [9.17, 15) is 4.79 Å². The second kappa shape index (κ2) is 7.29. The molecule has 1 aromatic carbocycles. The summed E-state index contributed by atoms with van der Waals surface area (Å²) in [6.45, 7) is 8.69. The quantitative estimate of drug-likeness (QED) is 0.828. The lowest BCUT2D eigenvalue weighted by Crippen LogP contribution is -2.37. The van der Waals surface area contributed by atoms with E-state index in [4.69, 9.17) is 5.73 Å². The first-order valence-electron chi connectivity index (χ1n) is 7.01. The molecular formula is C16H26N2O. The van der Waals surface area contributed by atoms with Crippen molar-refractivity contribution in [1.29, 1.82) is 0 Å². The van der Waals surface area contributed by atoms with E-state index in [1.165, 1.54) is 5.56 Å². The Morgan fingerprint density at radius 2 is 2.00 bits per heavy atom. The zero-order valence-corrected chi connectivity index (χ0v) is 12.4. The maximum Gasteiger partial charge on any atom is 0.224 e. The molecule has 1 amide bonds. The fraction of sp³-hybridized carbons (Fsp3) is 0.562. The first kappa shape index (κ1) is 15.7. The Morgan fingerprint density at radius 1 is 1.32 bits per heavy atom. The molecule has 0 aliphatic rings. The van der Waals surface area contributed by atoms with Gasteiger partial charge >= 0.3 is 0 Å². The van der Waals surface area contributed by atoms with Crippen molar-refractivity contribution in [3.8, 4) is 0 Å². The van der Waals surface area contributed by atoms with Crippen molar-refractivity contribution in [2.45, 2.75) is 40.2 Å². The summed E-state index contributed by atoms with van der Waals surface area (Å²) in [4.78, 5) is 12.2. The van der Waals surface area contributed by atoms with E-state index in [0.717, 1.165) is 12.0 Å². The van der Waals surface area contributed by atoms with Crippen LogP contribution in [0, 0.1) is 18.8 Å². The van der Waals surface area contributed by atoms with Gasteiger partial charge in [-0.3, -0.25) is 4.79 Å². The zero-order valence-electron chi connectivity index (χ0n) is 12.4. The molecule has 19 heavy (non-hydrogen) atoms. The molecule has 3 nitrogen and oxygen atoms in total. The molecule has 1 aromatic rings. The lowest BCUT2D eigenvalue weighted by atomic mass is 9.95. The van der Waals surface area contributed by atoms with Crippen LogP contribution in [0.5, 0.6) is 0 Å². The Bertz CT molecular complexity index is 415. The number of hydrogen-bond donors (Lipinski definition) is 2. The molecule has 0 saturated heterocycles. The molecule has 0 spiro atoms. The monoisotopic (exact) mass is 262 g/mol. The Morgan fingerprint density at radius 3 is 2.53 bits per heavy atom. The predicted molar refractivity (Wildman–Crippen MR) is 79.7 cm³/mol. The number of carbonyl (C=O) groups is 1. The summed E-state index contributed by atoms with van der Waals surface area (Å²) in [5.74, 6) is 0.450. The van der Waals surface area contributed by atoms with Gasteiger partial charge in [-0.2, -0.15) is 0 Å². The maximum absolute atomic E-state index is 12.2. The van der Waals surface area contributed by atoms with Crippen LogP contribution < -0.4 is 11.1 Å². The molecule has 2 atom stereocenters. The van der Waals surface area contributed by atoms with E-state index in [-0.39, 0.29) is 17.9 Å². The van der Waals surface area contributed by atoms with Gasteiger partial charge in [0.05, 0.1) is 12.0 Å². The molecule has 0 aromatic heterocycles. The minimum absolute atomic E-state index is 0.0219. The zero-order chi connectivity index (χ0) is 14.4. The highest BCUT2D eigenvalue weighted by molar-refractivity contribution is 5.79. The highest BCUT2D eigenvalue weighted by Gasteiger charge is 2.20. The molecule has 0 radical (unpaired) electrons. The minimum Gasteiger partial charge on any atom is -0.349 e. The van der Waals surface area contributed by atoms with Crippen molar-refractivity contribution in [1.82, 2.24) is 5.32 Å². The van der Waals surface area contributed by atoms with E-state index < -0.39 is 0 Å². The summed E-state index contributed by atoms with van der Waals surface area (Å²) in [7, 11) is 0. The largest absolute Gasteiger partial charge is 0.349 e. The number of nitrogens with two attached hydrogens (primary N) is 1. The normalized spacial score (nSPS) is 14.2. The van der Waals surface area contributed by atoms with Crippen LogP contribution >= 0.6 is 0 Å². The smallest absolute Gasteiger partial charge is 0.224 e. The number of benzene rings is 1. The highest BCUT2D eigenvalue weighted by atomic mass is 16.1. The van der Waals surface area contributed by atoms with Crippen molar-refractivity contribution >= 4 is 5.91 Å². The van der Waals surface area contributed by atoms with Crippen LogP contribution in [-0.2, 0) is 4.79 Å². The number of carbonyl (C=O) groups excluding carboxylic acids is 1. The number of hydrogen-bond acceptors (Lipinski definition) is 2. The second-order valence-corrected chi connectivity index (χ2v) is 5.71. The lowest BCUT2D eigenvalue weighted by molar-refractivity contribution is -0.125. The Balaban J connectivity index is 2.65. The summed E-state index contributed by atoms with van der Waals surface area (Å²) in [5, 5.41) is 3.06. The topological polar surface area (TPSA) is 55.1 Å². The first-order valence-corrected chi connectivity index (χ1v) is 7.01. The molecular weight excluding hydrogens is 236 g/mol. The molecule has 1 rings (SSSR count). The van der Waals surface area contributed by atoms with Gasteiger partial charge in [0.15, 0.2) is 0 Å². The first-order chi connectivity index (χ1) is 8.93. The second-order valence-electron chi connectivity index (χ2n) is 5.71. The van der Waals surface area contributed by atoms with Gasteiger partial charge in [0, 0.05) is 6.54 Å². The third-order valence-corrected chi connectivity index (χ3v) is 3.31. The van der Waals surface area contributed by atoms with Gasteiger partial charge in [0.1, 0.15) is 0 Å². The number of nitrogens with one attached hydrogen (secondary N) is 1. The highest BCUT2D eigenvalue weighted by Crippen LogP contribution is 2.16. The number of aryl methyl sites for hydroxylation is 1. The van der Waals surface area contributed by atoms with Crippen LogP contribution in [0.15, 0.2) is 24.3 Å². The van der Waals surface area contributed by atoms with E-state index in [2.05, 4.69) is 38.2 Å². The summed E-state index contributed by atoms with van der Waals surface area (Å²) in [6, 6.07) is 8.23. The predicted octanol–water partition coefficient (Wildman–Crippen LogP) is 2.79. The van der Waals surface area contributed by atoms with Crippen molar-refractivity contribution in [3.05, 3.63) is 35.4 Å². The van der Waals surface area contributed by atoms with Crippen LogP contribution in [0.2, 0.25) is 0 Å². The molecule has 0 fully saturated rings. The average Bonchev–Trinajstić information content (AvgIpc) is 2.35. The lowest BCUT2D eigenvalue weighted by Gasteiger charge is -2.21. The summed E-state index contributed by atoms with van der Waals surface area (Å²) in [6.07, 6.45) is 0.836. The third-order valence-electron chi connectivity index (χ3n) is 3.31.